The van der Waals surface area contributed by atoms with E-state index in [0.29, 0.717) is 11.8 Å². The first-order chi connectivity index (χ1) is 12.3. The molecule has 25 heavy (non-hydrogen) atoms. The standard InChI is InChI=1S/C21H14N2O2/c1-13-22-18-11-15(8-10-19(18)24-13)16-7-9-17-20(12-16)25-21(23-17)14-5-3-2-4-6-14/h2-12H,1H3. The Morgan fingerprint density at radius 1 is 0.640 bits per heavy atom. The first kappa shape index (κ1) is 14.0. The molecule has 0 bridgehead atoms. The molecule has 0 aliphatic heterocycles. The van der Waals surface area contributed by atoms with Crippen LogP contribution >= 0.6 is 0 Å². The molecule has 0 saturated heterocycles. The van der Waals surface area contributed by atoms with Gasteiger partial charge in [0.25, 0.3) is 0 Å². The van der Waals surface area contributed by atoms with Crippen LogP contribution in [0.25, 0.3) is 44.8 Å². The van der Waals surface area contributed by atoms with Gasteiger partial charge in [0.2, 0.25) is 5.89 Å². The van der Waals surface area contributed by atoms with Crippen LogP contribution in [0, 0.1) is 6.92 Å². The third kappa shape index (κ3) is 2.39. The lowest BCUT2D eigenvalue weighted by Crippen LogP contribution is -1.78. The molecule has 0 N–H and O–H groups in total. The summed E-state index contributed by atoms with van der Waals surface area (Å²) >= 11 is 0. The van der Waals surface area contributed by atoms with E-state index < -0.39 is 0 Å². The van der Waals surface area contributed by atoms with Crippen LogP contribution in [-0.2, 0) is 0 Å². The van der Waals surface area contributed by atoms with E-state index in [-0.39, 0.29) is 0 Å². The van der Waals surface area contributed by atoms with Crippen LogP contribution in [0.2, 0.25) is 0 Å². The van der Waals surface area contributed by atoms with Crippen LogP contribution in [0.4, 0.5) is 0 Å². The quantitative estimate of drug-likeness (QED) is 0.423. The lowest BCUT2D eigenvalue weighted by Gasteiger charge is -2.00. The minimum Gasteiger partial charge on any atom is -0.441 e. The maximum absolute atomic E-state index is 5.96. The summed E-state index contributed by atoms with van der Waals surface area (Å²) in [4.78, 5) is 8.98. The average Bonchev–Trinajstić information content (AvgIpc) is 3.23. The van der Waals surface area contributed by atoms with E-state index >= 15 is 0 Å². The molecular weight excluding hydrogens is 312 g/mol. The number of hydrogen-bond donors (Lipinski definition) is 0. The highest BCUT2D eigenvalue weighted by molar-refractivity contribution is 5.85. The molecule has 0 spiro atoms. The van der Waals surface area contributed by atoms with Crippen LogP contribution in [-0.4, -0.2) is 9.97 Å². The molecule has 0 aliphatic carbocycles. The lowest BCUT2D eigenvalue weighted by molar-refractivity contribution is 0.561. The Morgan fingerprint density at radius 3 is 2.32 bits per heavy atom. The summed E-state index contributed by atoms with van der Waals surface area (Å²) in [6.45, 7) is 1.85. The van der Waals surface area contributed by atoms with Crippen molar-refractivity contribution in [3.8, 4) is 22.6 Å². The van der Waals surface area contributed by atoms with Crippen LogP contribution in [0.15, 0.2) is 75.6 Å². The summed E-state index contributed by atoms with van der Waals surface area (Å²) in [6.07, 6.45) is 0. The molecule has 0 aliphatic rings. The molecule has 0 saturated carbocycles. The highest BCUT2D eigenvalue weighted by Gasteiger charge is 2.10. The Balaban J connectivity index is 1.61. The number of aromatic nitrogens is 2. The van der Waals surface area contributed by atoms with E-state index in [1.807, 2.05) is 73.7 Å². The van der Waals surface area contributed by atoms with Crippen molar-refractivity contribution < 1.29 is 8.83 Å². The zero-order valence-corrected chi connectivity index (χ0v) is 13.6. The molecule has 4 heteroatoms. The Bertz CT molecular complexity index is 1200. The van der Waals surface area contributed by atoms with Crippen molar-refractivity contribution in [2.45, 2.75) is 6.92 Å². The van der Waals surface area contributed by atoms with Gasteiger partial charge in [-0.2, -0.15) is 0 Å². The van der Waals surface area contributed by atoms with Gasteiger partial charge in [-0.15, -0.1) is 0 Å². The zero-order chi connectivity index (χ0) is 16.8. The molecule has 0 unspecified atom stereocenters. The summed E-state index contributed by atoms with van der Waals surface area (Å²) in [7, 11) is 0. The molecule has 0 amide bonds. The maximum Gasteiger partial charge on any atom is 0.227 e. The highest BCUT2D eigenvalue weighted by atomic mass is 16.4. The van der Waals surface area contributed by atoms with Gasteiger partial charge in [-0.25, -0.2) is 9.97 Å². The second-order valence-electron chi connectivity index (χ2n) is 5.98. The normalized spacial score (nSPS) is 11.4. The summed E-state index contributed by atoms with van der Waals surface area (Å²) in [5.74, 6) is 1.31. The number of nitrogens with zero attached hydrogens (tertiary/aromatic N) is 2. The molecule has 0 fully saturated rings. The van der Waals surface area contributed by atoms with Crippen LogP contribution < -0.4 is 0 Å². The van der Waals surface area contributed by atoms with Gasteiger partial charge in [0.15, 0.2) is 17.1 Å². The first-order valence-corrected chi connectivity index (χ1v) is 8.10. The molecular formula is C21H14N2O2. The van der Waals surface area contributed by atoms with Gasteiger partial charge in [0.05, 0.1) is 0 Å². The SMILES string of the molecule is Cc1nc2cc(-c3ccc4nc(-c5ccccc5)oc4c3)ccc2o1. The second kappa shape index (κ2) is 5.31. The van der Waals surface area contributed by atoms with E-state index in [4.69, 9.17) is 8.83 Å². The fraction of sp³-hybridized carbons (Fsp3) is 0.0476. The predicted molar refractivity (Wildman–Crippen MR) is 97.2 cm³/mol. The molecule has 2 aromatic heterocycles. The van der Waals surface area contributed by atoms with Gasteiger partial charge in [-0.3, -0.25) is 0 Å². The minimum absolute atomic E-state index is 0.635. The Labute approximate surface area is 143 Å². The van der Waals surface area contributed by atoms with Crippen LogP contribution in [0.3, 0.4) is 0 Å². The van der Waals surface area contributed by atoms with Gasteiger partial charge in [0.1, 0.15) is 11.0 Å². The molecule has 0 radical (unpaired) electrons. The van der Waals surface area contributed by atoms with E-state index in [1.54, 1.807) is 0 Å². The fourth-order valence-corrected chi connectivity index (χ4v) is 3.03. The van der Waals surface area contributed by atoms with Gasteiger partial charge >= 0.3 is 0 Å². The predicted octanol–water partition coefficient (Wildman–Crippen LogP) is 5.61. The van der Waals surface area contributed by atoms with Gasteiger partial charge < -0.3 is 8.83 Å². The molecule has 0 atom stereocenters. The van der Waals surface area contributed by atoms with Crippen molar-refractivity contribution in [1.82, 2.24) is 9.97 Å². The molecule has 5 aromatic rings. The van der Waals surface area contributed by atoms with E-state index in [1.165, 1.54) is 0 Å². The summed E-state index contributed by atoms with van der Waals surface area (Å²) in [5.41, 5.74) is 6.38. The van der Waals surface area contributed by atoms with Crippen molar-refractivity contribution >= 4 is 22.2 Å². The molecule has 3 aromatic carbocycles. The fourth-order valence-electron chi connectivity index (χ4n) is 3.03. The van der Waals surface area contributed by atoms with Crippen molar-refractivity contribution in [3.63, 3.8) is 0 Å². The number of benzene rings is 3. The molecule has 2 heterocycles. The topological polar surface area (TPSA) is 52.1 Å². The van der Waals surface area contributed by atoms with Gasteiger partial charge in [0, 0.05) is 12.5 Å². The van der Waals surface area contributed by atoms with E-state index in [9.17, 15) is 0 Å². The third-order valence-corrected chi connectivity index (χ3v) is 4.24. The van der Waals surface area contributed by atoms with Crippen molar-refractivity contribution in [1.29, 1.82) is 0 Å². The minimum atomic E-state index is 0.635. The zero-order valence-electron chi connectivity index (χ0n) is 13.6. The molecule has 5 rings (SSSR count). The highest BCUT2D eigenvalue weighted by Crippen LogP contribution is 2.30. The first-order valence-electron chi connectivity index (χ1n) is 8.10. The summed E-state index contributed by atoms with van der Waals surface area (Å²) in [6, 6.07) is 22.0. The third-order valence-electron chi connectivity index (χ3n) is 4.24. The number of oxazole rings is 2. The monoisotopic (exact) mass is 326 g/mol. The van der Waals surface area contributed by atoms with Crippen LogP contribution in [0.5, 0.6) is 0 Å². The number of aryl methyl sites for hydroxylation is 1. The lowest BCUT2D eigenvalue weighted by atomic mass is 10.0. The largest absolute Gasteiger partial charge is 0.441 e. The smallest absolute Gasteiger partial charge is 0.227 e. The van der Waals surface area contributed by atoms with Crippen molar-refractivity contribution in [2.75, 3.05) is 0 Å². The Kier molecular flexibility index (Phi) is 2.97. The van der Waals surface area contributed by atoms with Crippen molar-refractivity contribution in [2.24, 2.45) is 0 Å². The van der Waals surface area contributed by atoms with Crippen molar-refractivity contribution in [3.05, 3.63) is 72.6 Å². The second-order valence-corrected chi connectivity index (χ2v) is 5.98. The average molecular weight is 326 g/mol. The Hall–Kier alpha value is -3.40. The number of hydrogen-bond acceptors (Lipinski definition) is 4. The van der Waals surface area contributed by atoms with E-state index in [2.05, 4.69) is 9.97 Å². The van der Waals surface area contributed by atoms with E-state index in [0.717, 1.165) is 38.9 Å². The maximum atomic E-state index is 5.96. The number of rotatable bonds is 2. The molecule has 4 nitrogen and oxygen atoms in total. The van der Waals surface area contributed by atoms with Gasteiger partial charge in [-0.1, -0.05) is 30.3 Å². The summed E-state index contributed by atoms with van der Waals surface area (Å²) < 4.78 is 11.5. The Morgan fingerprint density at radius 2 is 1.44 bits per heavy atom. The molecule has 120 valence electrons. The number of fused-ring (bicyclic) bond motifs is 2. The van der Waals surface area contributed by atoms with Gasteiger partial charge in [-0.05, 0) is 47.5 Å². The summed E-state index contributed by atoms with van der Waals surface area (Å²) in [5, 5.41) is 0. The van der Waals surface area contributed by atoms with Crippen LogP contribution in [0.1, 0.15) is 5.89 Å².